The zero-order chi connectivity index (χ0) is 14.8. The fourth-order valence-corrected chi connectivity index (χ4v) is 1.85. The smallest absolute Gasteiger partial charge is 0.102 e. The third kappa shape index (κ3) is 9.38. The number of aliphatic hydroxyl groups is 2. The molecule has 0 aromatic carbocycles. The summed E-state index contributed by atoms with van der Waals surface area (Å²) < 4.78 is 6.58. The zero-order valence-electron chi connectivity index (χ0n) is 13.3. The van der Waals surface area contributed by atoms with Gasteiger partial charge in [0.15, 0.2) is 0 Å². The number of nitrogens with zero attached hydrogens (tertiary/aromatic N) is 1. The molecule has 0 aliphatic heterocycles. The molecule has 0 heterocycles. The van der Waals surface area contributed by atoms with E-state index < -0.39 is 5.41 Å². The summed E-state index contributed by atoms with van der Waals surface area (Å²) >= 11 is 0. The molecule has 0 fully saturated rings. The molecule has 2 N–H and O–H groups in total. The van der Waals surface area contributed by atoms with Crippen LogP contribution in [0.1, 0.15) is 39.5 Å². The maximum Gasteiger partial charge on any atom is 0.102 e. The summed E-state index contributed by atoms with van der Waals surface area (Å²) in [7, 11) is 4.46. The summed E-state index contributed by atoms with van der Waals surface area (Å²) in [6.07, 6.45) is 5.18. The zero-order valence-corrected chi connectivity index (χ0v) is 13.3. The number of likely N-dealkylation sites (N-methyl/N-ethyl adjacent to an activating group) is 1. The number of aliphatic hydroxyl groups excluding tert-OH is 2. The Morgan fingerprint density at radius 2 is 1.63 bits per heavy atom. The molecule has 0 saturated carbocycles. The second kappa shape index (κ2) is 9.70. The van der Waals surface area contributed by atoms with Gasteiger partial charge in [-0.15, -0.1) is 0 Å². The van der Waals surface area contributed by atoms with Crippen LogP contribution >= 0.6 is 0 Å². The molecule has 0 spiro atoms. The molecule has 0 aliphatic rings. The molecular weight excluding hydrogens is 242 g/mol. The number of quaternary nitrogens is 1. The largest absolute Gasteiger partial charge is 0.396 e. The molecule has 0 radical (unpaired) electrons. The van der Waals surface area contributed by atoms with Crippen LogP contribution in [0.3, 0.4) is 0 Å². The lowest BCUT2D eigenvalue weighted by atomic mass is 9.95. The number of ether oxygens (including phenoxy) is 1. The van der Waals surface area contributed by atoms with Crippen LogP contribution in [-0.2, 0) is 4.74 Å². The number of hydrogen-bond acceptors (Lipinski definition) is 3. The second-order valence-electron chi connectivity index (χ2n) is 6.62. The van der Waals surface area contributed by atoms with Gasteiger partial charge in [0.25, 0.3) is 0 Å². The van der Waals surface area contributed by atoms with Crippen LogP contribution in [-0.4, -0.2) is 68.3 Å². The predicted molar refractivity (Wildman–Crippen MR) is 79.1 cm³/mol. The van der Waals surface area contributed by atoms with Gasteiger partial charge in [-0.2, -0.15) is 0 Å². The van der Waals surface area contributed by atoms with E-state index in [1.165, 1.54) is 32.2 Å². The molecule has 0 aromatic heterocycles. The Bertz CT molecular complexity index is 215. The van der Waals surface area contributed by atoms with Gasteiger partial charge in [0.1, 0.15) is 6.54 Å². The molecule has 116 valence electrons. The Morgan fingerprint density at radius 3 is 2.16 bits per heavy atom. The summed E-state index contributed by atoms with van der Waals surface area (Å²) in [6, 6.07) is 0. The molecule has 0 aliphatic carbocycles. The van der Waals surface area contributed by atoms with Crippen molar-refractivity contribution >= 4 is 0 Å². The maximum absolute atomic E-state index is 9.17. The molecule has 0 bridgehead atoms. The SMILES string of the molecule is CCCCCC[N+](C)(C)CCOCC(C)(CO)CO. The molecule has 0 atom stereocenters. The summed E-state index contributed by atoms with van der Waals surface area (Å²) in [5, 5.41) is 18.3. The van der Waals surface area contributed by atoms with Crippen molar-refractivity contribution in [2.75, 3.05) is 53.6 Å². The van der Waals surface area contributed by atoms with Gasteiger partial charge in [-0.1, -0.05) is 26.7 Å². The summed E-state index contributed by atoms with van der Waals surface area (Å²) in [6.45, 7) is 7.22. The van der Waals surface area contributed by atoms with E-state index in [0.29, 0.717) is 13.2 Å². The van der Waals surface area contributed by atoms with Crippen LogP contribution in [0, 0.1) is 5.41 Å². The predicted octanol–water partition coefficient (Wildman–Crippen LogP) is 1.65. The van der Waals surface area contributed by atoms with Crippen molar-refractivity contribution in [3.8, 4) is 0 Å². The van der Waals surface area contributed by atoms with Crippen molar-refractivity contribution in [1.82, 2.24) is 0 Å². The van der Waals surface area contributed by atoms with E-state index >= 15 is 0 Å². The number of hydrogen-bond donors (Lipinski definition) is 2. The molecule has 4 nitrogen and oxygen atoms in total. The molecule has 0 aromatic rings. The second-order valence-corrected chi connectivity index (χ2v) is 6.62. The maximum atomic E-state index is 9.17. The Hall–Kier alpha value is -0.160. The highest BCUT2D eigenvalue weighted by Crippen LogP contribution is 2.14. The first-order chi connectivity index (χ1) is 8.89. The van der Waals surface area contributed by atoms with Gasteiger partial charge in [-0.25, -0.2) is 0 Å². The summed E-state index contributed by atoms with van der Waals surface area (Å²) in [5.74, 6) is 0. The third-order valence-electron chi connectivity index (χ3n) is 3.67. The standard InChI is InChI=1S/C15H34NO3/c1-5-6-7-8-9-16(3,4)10-11-19-14-15(2,12-17)13-18/h17-18H,5-14H2,1-4H3/q+1. The van der Waals surface area contributed by atoms with Crippen LogP contribution in [0.25, 0.3) is 0 Å². The van der Waals surface area contributed by atoms with Crippen molar-refractivity contribution in [2.24, 2.45) is 5.41 Å². The molecule has 0 saturated heterocycles. The van der Waals surface area contributed by atoms with Crippen LogP contribution in [0.2, 0.25) is 0 Å². The fraction of sp³-hybridized carbons (Fsp3) is 1.00. The minimum absolute atomic E-state index is 0.0429. The summed E-state index contributed by atoms with van der Waals surface area (Å²) in [4.78, 5) is 0. The average molecular weight is 276 g/mol. The van der Waals surface area contributed by atoms with Crippen molar-refractivity contribution in [3.63, 3.8) is 0 Å². The molecule has 19 heavy (non-hydrogen) atoms. The van der Waals surface area contributed by atoms with Gasteiger partial charge >= 0.3 is 0 Å². The highest BCUT2D eigenvalue weighted by atomic mass is 16.5. The van der Waals surface area contributed by atoms with Crippen LogP contribution in [0.5, 0.6) is 0 Å². The van der Waals surface area contributed by atoms with Gasteiger partial charge in [-0.05, 0) is 12.8 Å². The fourth-order valence-electron chi connectivity index (χ4n) is 1.85. The van der Waals surface area contributed by atoms with Crippen molar-refractivity contribution in [3.05, 3.63) is 0 Å². The number of unbranched alkanes of at least 4 members (excludes halogenated alkanes) is 3. The molecule has 4 heteroatoms. The number of rotatable bonds is 12. The first-order valence-corrected chi connectivity index (χ1v) is 7.50. The Labute approximate surface area is 119 Å². The van der Waals surface area contributed by atoms with Gasteiger partial charge < -0.3 is 19.4 Å². The van der Waals surface area contributed by atoms with E-state index in [0.717, 1.165) is 11.0 Å². The van der Waals surface area contributed by atoms with Crippen LogP contribution < -0.4 is 0 Å². The van der Waals surface area contributed by atoms with E-state index in [2.05, 4.69) is 21.0 Å². The van der Waals surface area contributed by atoms with Crippen LogP contribution in [0.4, 0.5) is 0 Å². The Balaban J connectivity index is 3.73. The minimum atomic E-state index is -0.516. The lowest BCUT2D eigenvalue weighted by Gasteiger charge is -2.31. The van der Waals surface area contributed by atoms with E-state index in [1.807, 2.05) is 6.92 Å². The molecule has 0 amide bonds. The lowest BCUT2D eigenvalue weighted by molar-refractivity contribution is -0.891. The quantitative estimate of drug-likeness (QED) is 0.421. The van der Waals surface area contributed by atoms with Crippen molar-refractivity contribution < 1.29 is 19.4 Å². The van der Waals surface area contributed by atoms with Gasteiger partial charge in [0.2, 0.25) is 0 Å². The topological polar surface area (TPSA) is 49.7 Å². The van der Waals surface area contributed by atoms with E-state index in [1.54, 1.807) is 0 Å². The molecular formula is C15H34NO3+. The highest BCUT2D eigenvalue weighted by molar-refractivity contribution is 4.70. The van der Waals surface area contributed by atoms with E-state index in [-0.39, 0.29) is 13.2 Å². The normalized spacial score (nSPS) is 12.9. The minimum Gasteiger partial charge on any atom is -0.396 e. The Kier molecular flexibility index (Phi) is 9.62. The van der Waals surface area contributed by atoms with E-state index in [9.17, 15) is 0 Å². The van der Waals surface area contributed by atoms with Crippen LogP contribution in [0.15, 0.2) is 0 Å². The lowest BCUT2D eigenvalue weighted by Crippen LogP contribution is -2.43. The third-order valence-corrected chi connectivity index (χ3v) is 3.67. The monoisotopic (exact) mass is 276 g/mol. The van der Waals surface area contributed by atoms with E-state index in [4.69, 9.17) is 14.9 Å². The first kappa shape index (κ1) is 18.8. The first-order valence-electron chi connectivity index (χ1n) is 7.50. The van der Waals surface area contributed by atoms with Crippen molar-refractivity contribution in [2.45, 2.75) is 39.5 Å². The van der Waals surface area contributed by atoms with Gasteiger partial charge in [0.05, 0.1) is 47.1 Å². The average Bonchev–Trinajstić information content (AvgIpc) is 2.39. The highest BCUT2D eigenvalue weighted by Gasteiger charge is 2.23. The Morgan fingerprint density at radius 1 is 1.00 bits per heavy atom. The molecule has 0 unspecified atom stereocenters. The molecule has 0 rings (SSSR count). The summed E-state index contributed by atoms with van der Waals surface area (Å²) in [5.41, 5.74) is -0.516. The van der Waals surface area contributed by atoms with Gasteiger partial charge in [0, 0.05) is 5.41 Å². The van der Waals surface area contributed by atoms with Gasteiger partial charge in [-0.3, -0.25) is 0 Å². The van der Waals surface area contributed by atoms with Crippen molar-refractivity contribution in [1.29, 1.82) is 0 Å².